The molecule has 0 saturated heterocycles. The lowest BCUT2D eigenvalue weighted by Crippen LogP contribution is -2.43. The molecule has 0 radical (unpaired) electrons. The number of ether oxygens (including phenoxy) is 4. The Balaban J connectivity index is 1.62. The summed E-state index contributed by atoms with van der Waals surface area (Å²) in [6.07, 6.45) is -0.438. The molecule has 7 nitrogen and oxygen atoms in total. The summed E-state index contributed by atoms with van der Waals surface area (Å²) in [6.45, 7) is 14.5. The molecule has 0 bridgehead atoms. The van der Waals surface area contributed by atoms with E-state index in [4.69, 9.17) is 35.0 Å². The van der Waals surface area contributed by atoms with Gasteiger partial charge >= 0.3 is 6.01 Å². The molecule has 1 atom stereocenters. The molecule has 260 valence electrons. The maximum absolute atomic E-state index is 16.7. The van der Waals surface area contributed by atoms with Gasteiger partial charge in [-0.05, 0) is 68.6 Å². The molecule has 1 saturated carbocycles. The van der Waals surface area contributed by atoms with Crippen LogP contribution in [0.5, 0.6) is 17.6 Å². The molecule has 1 heterocycles. The van der Waals surface area contributed by atoms with Crippen LogP contribution in [-0.4, -0.2) is 56.9 Å². The molecule has 4 aromatic rings. The van der Waals surface area contributed by atoms with Crippen LogP contribution in [-0.2, 0) is 9.16 Å². The van der Waals surface area contributed by atoms with Crippen molar-refractivity contribution in [1.82, 2.24) is 9.97 Å². The minimum Gasteiger partial charge on any atom is -0.471 e. The second kappa shape index (κ2) is 12.6. The summed E-state index contributed by atoms with van der Waals surface area (Å²) < 4.78 is 91.2. The molecule has 1 aliphatic carbocycles. The van der Waals surface area contributed by atoms with E-state index in [1.807, 2.05) is 33.9 Å². The van der Waals surface area contributed by atoms with Gasteiger partial charge in [0.25, 0.3) is 5.92 Å². The highest BCUT2D eigenvalue weighted by molar-refractivity contribution is 6.74. The van der Waals surface area contributed by atoms with Crippen molar-refractivity contribution >= 4 is 41.6 Å². The zero-order chi connectivity index (χ0) is 35.4. The van der Waals surface area contributed by atoms with Crippen LogP contribution in [0.1, 0.15) is 48.0 Å². The van der Waals surface area contributed by atoms with Crippen LogP contribution in [0.25, 0.3) is 32.8 Å². The molecular formula is C35H41ClF4N2O5Si. The monoisotopic (exact) mass is 708 g/mol. The lowest BCUT2D eigenvalue weighted by molar-refractivity contribution is 0.0150. The molecule has 1 aromatic heterocycles. The fraction of sp³-hybridized carbons (Fsp3) is 0.486. The van der Waals surface area contributed by atoms with E-state index in [9.17, 15) is 8.78 Å². The van der Waals surface area contributed by atoms with Crippen LogP contribution in [0.4, 0.5) is 17.6 Å². The average Bonchev–Trinajstić information content (AvgIpc) is 3.53. The molecule has 0 amide bonds. The molecular weight excluding hydrogens is 668 g/mol. The fourth-order valence-corrected chi connectivity index (χ4v) is 6.42. The van der Waals surface area contributed by atoms with Crippen molar-refractivity contribution in [1.29, 1.82) is 0 Å². The highest BCUT2D eigenvalue weighted by atomic mass is 35.5. The Morgan fingerprint density at radius 2 is 1.65 bits per heavy atom. The van der Waals surface area contributed by atoms with Crippen molar-refractivity contribution in [3.63, 3.8) is 0 Å². The van der Waals surface area contributed by atoms with Gasteiger partial charge in [-0.3, -0.25) is 0 Å². The second-order valence-corrected chi connectivity index (χ2v) is 20.0. The van der Waals surface area contributed by atoms with Crippen molar-refractivity contribution < 1.29 is 40.9 Å². The van der Waals surface area contributed by atoms with Gasteiger partial charge in [0.1, 0.15) is 29.3 Å². The number of fused-ring (bicyclic) bond motifs is 2. The largest absolute Gasteiger partial charge is 0.471 e. The van der Waals surface area contributed by atoms with Crippen molar-refractivity contribution in [2.24, 2.45) is 5.41 Å². The predicted octanol–water partition coefficient (Wildman–Crippen LogP) is 9.97. The Kier molecular flexibility index (Phi) is 9.48. The van der Waals surface area contributed by atoms with Crippen LogP contribution in [0.15, 0.2) is 36.4 Å². The van der Waals surface area contributed by atoms with Crippen LogP contribution < -0.4 is 14.2 Å². The number of aromatic nitrogens is 2. The summed E-state index contributed by atoms with van der Waals surface area (Å²) in [5.41, 5.74) is -3.09. The zero-order valence-corrected chi connectivity index (χ0v) is 30.4. The maximum Gasteiger partial charge on any atom is 0.320 e. The summed E-state index contributed by atoms with van der Waals surface area (Å²) >= 11 is 6.56. The summed E-state index contributed by atoms with van der Waals surface area (Å²) in [4.78, 5) is 8.57. The van der Waals surface area contributed by atoms with Gasteiger partial charge < -0.3 is 23.4 Å². The molecule has 1 fully saturated rings. The predicted molar refractivity (Wildman–Crippen MR) is 181 cm³/mol. The number of rotatable bonds is 11. The van der Waals surface area contributed by atoms with E-state index >= 15 is 8.78 Å². The number of nitrogens with zero attached hydrogens (tertiary/aromatic N) is 2. The Morgan fingerprint density at radius 1 is 0.958 bits per heavy atom. The fourth-order valence-electron chi connectivity index (χ4n) is 5.06. The molecule has 0 N–H and O–H groups in total. The van der Waals surface area contributed by atoms with E-state index in [1.54, 1.807) is 45.0 Å². The highest BCUT2D eigenvalue weighted by Gasteiger charge is 2.72. The molecule has 0 aliphatic heterocycles. The van der Waals surface area contributed by atoms with Crippen molar-refractivity contribution in [3.05, 3.63) is 53.1 Å². The van der Waals surface area contributed by atoms with Crippen LogP contribution >= 0.6 is 11.6 Å². The molecule has 0 spiro atoms. The van der Waals surface area contributed by atoms with Gasteiger partial charge in [-0.1, -0.05) is 44.5 Å². The number of benzene rings is 3. The van der Waals surface area contributed by atoms with E-state index < -0.39 is 61.5 Å². The molecule has 5 rings (SSSR count). The molecule has 1 aliphatic rings. The SMILES string of the molecule is COCOc1cc(-c2c(F)cc3c(OC(C)(C)C)nc(OC[C@]4(CO[Si](C)(C)C(C)(C)C)CC4(F)F)nc3c2F)c2c(Cl)cccc2c1. The zero-order valence-electron chi connectivity index (χ0n) is 28.6. The Morgan fingerprint density at radius 3 is 2.25 bits per heavy atom. The van der Waals surface area contributed by atoms with Crippen LogP contribution in [0, 0.1) is 17.0 Å². The Hall–Kier alpha value is -3.19. The summed E-state index contributed by atoms with van der Waals surface area (Å²) in [5, 5.41) is 0.973. The average molecular weight is 709 g/mol. The van der Waals surface area contributed by atoms with Crippen molar-refractivity contribution in [2.45, 2.75) is 77.6 Å². The minimum atomic E-state index is -3.03. The van der Waals surface area contributed by atoms with Gasteiger partial charge in [-0.25, -0.2) is 17.6 Å². The minimum absolute atomic E-state index is 0.0639. The van der Waals surface area contributed by atoms with Crippen LogP contribution in [0.3, 0.4) is 0 Å². The van der Waals surface area contributed by atoms with Crippen LogP contribution in [0.2, 0.25) is 23.2 Å². The van der Waals surface area contributed by atoms with Gasteiger partial charge in [0.15, 0.2) is 20.9 Å². The van der Waals surface area contributed by atoms with Crippen molar-refractivity contribution in [2.75, 3.05) is 27.1 Å². The third kappa shape index (κ3) is 7.08. The summed E-state index contributed by atoms with van der Waals surface area (Å²) in [5.74, 6) is -4.88. The normalized spacial score (nSPS) is 18.0. The molecule has 3 aromatic carbocycles. The third-order valence-corrected chi connectivity index (χ3v) is 13.7. The number of halogens is 5. The van der Waals surface area contributed by atoms with E-state index in [0.29, 0.717) is 16.5 Å². The number of hydrogen-bond acceptors (Lipinski definition) is 7. The second-order valence-electron chi connectivity index (χ2n) is 14.8. The standard InChI is InChI=1S/C35H41ClF4N2O5Si/c1-32(2,3)47-30-23-15-25(37)27(22-14-21(45-19-43-7)13-20-11-10-12-24(36)26(20)22)28(38)29(23)41-31(42-30)44-17-34(16-35(34,39)40)18-46-48(8,9)33(4,5)6/h10-15H,16-19H2,1-9H3/t34-/m0/s1. The number of alkyl halides is 2. The first-order chi connectivity index (χ1) is 22.2. The summed E-state index contributed by atoms with van der Waals surface area (Å²) in [6, 6.07) is 8.89. The molecule has 0 unspecified atom stereocenters. The lowest BCUT2D eigenvalue weighted by atomic mass is 9.95. The number of hydrogen-bond donors (Lipinski definition) is 0. The molecule has 13 heteroatoms. The van der Waals surface area contributed by atoms with E-state index in [1.165, 1.54) is 13.2 Å². The lowest BCUT2D eigenvalue weighted by Gasteiger charge is -2.37. The number of methoxy groups -OCH3 is 1. The van der Waals surface area contributed by atoms with E-state index in [0.717, 1.165) is 6.07 Å². The highest BCUT2D eigenvalue weighted by Crippen LogP contribution is 2.61. The first-order valence-corrected chi connectivity index (χ1v) is 18.8. The van der Waals surface area contributed by atoms with Gasteiger partial charge in [-0.2, -0.15) is 9.97 Å². The summed E-state index contributed by atoms with van der Waals surface area (Å²) in [7, 11) is -0.905. The van der Waals surface area contributed by atoms with Gasteiger partial charge in [-0.15, -0.1) is 0 Å². The first kappa shape index (κ1) is 36.1. The van der Waals surface area contributed by atoms with E-state index in [-0.39, 0.29) is 45.8 Å². The van der Waals surface area contributed by atoms with Crippen molar-refractivity contribution in [3.8, 4) is 28.8 Å². The molecule has 48 heavy (non-hydrogen) atoms. The van der Waals surface area contributed by atoms with Gasteiger partial charge in [0.05, 0.1) is 16.4 Å². The quantitative estimate of drug-likeness (QED) is 0.0873. The smallest absolute Gasteiger partial charge is 0.320 e. The third-order valence-electron chi connectivity index (χ3n) is 8.95. The Bertz CT molecular complexity index is 1860. The first-order valence-electron chi connectivity index (χ1n) is 15.6. The maximum atomic E-state index is 16.7. The Labute approximate surface area is 284 Å². The van der Waals surface area contributed by atoms with Gasteiger partial charge in [0, 0.05) is 36.1 Å². The van der Waals surface area contributed by atoms with E-state index in [2.05, 4.69) is 9.97 Å². The van der Waals surface area contributed by atoms with Gasteiger partial charge in [0.2, 0.25) is 5.88 Å². The topological polar surface area (TPSA) is 71.9 Å².